The van der Waals surface area contributed by atoms with Crippen LogP contribution in [0.25, 0.3) is 0 Å². The van der Waals surface area contributed by atoms with E-state index in [0.717, 1.165) is 12.8 Å². The van der Waals surface area contributed by atoms with Crippen LogP contribution in [0.3, 0.4) is 0 Å². The van der Waals surface area contributed by atoms with Crippen LogP contribution in [0.5, 0.6) is 0 Å². The number of aryl methyl sites for hydroxylation is 1. The molecule has 0 spiro atoms. The average molecular weight is 314 g/mol. The Morgan fingerprint density at radius 2 is 2.00 bits per heavy atom. The minimum absolute atomic E-state index is 0.141. The summed E-state index contributed by atoms with van der Waals surface area (Å²) < 4.78 is 41.2. The first-order valence-electron chi connectivity index (χ1n) is 7.31. The lowest BCUT2D eigenvalue weighted by molar-refractivity contribution is 0.546. The van der Waals surface area contributed by atoms with Gasteiger partial charge in [-0.25, -0.2) is 17.5 Å². The van der Waals surface area contributed by atoms with Gasteiger partial charge in [-0.1, -0.05) is 13.8 Å². The van der Waals surface area contributed by atoms with E-state index >= 15 is 0 Å². The predicted octanol–water partition coefficient (Wildman–Crippen LogP) is 2.32. The minimum Gasteiger partial charge on any atom is -0.310 e. The van der Waals surface area contributed by atoms with Gasteiger partial charge in [-0.05, 0) is 43.4 Å². The van der Waals surface area contributed by atoms with Gasteiger partial charge in [-0.3, -0.25) is 0 Å². The summed E-state index contributed by atoms with van der Waals surface area (Å²) in [5, 5.41) is 3.11. The van der Waals surface area contributed by atoms with Crippen molar-refractivity contribution >= 4 is 10.0 Å². The molecule has 0 heterocycles. The summed E-state index contributed by atoms with van der Waals surface area (Å²) in [5.74, 6) is 0.118. The van der Waals surface area contributed by atoms with Gasteiger partial charge in [0.25, 0.3) is 0 Å². The topological polar surface area (TPSA) is 58.2 Å². The van der Waals surface area contributed by atoms with Crippen LogP contribution in [0.15, 0.2) is 17.0 Å². The lowest BCUT2D eigenvalue weighted by Gasteiger charge is -2.13. The molecular weight excluding hydrogens is 291 g/mol. The van der Waals surface area contributed by atoms with E-state index in [9.17, 15) is 12.8 Å². The van der Waals surface area contributed by atoms with Crippen molar-refractivity contribution in [2.45, 2.75) is 51.1 Å². The third-order valence-electron chi connectivity index (χ3n) is 3.57. The van der Waals surface area contributed by atoms with Gasteiger partial charge in [0.15, 0.2) is 0 Å². The van der Waals surface area contributed by atoms with E-state index < -0.39 is 10.0 Å². The number of sulfonamides is 1. The van der Waals surface area contributed by atoms with Crippen LogP contribution in [-0.4, -0.2) is 21.0 Å². The fourth-order valence-corrected chi connectivity index (χ4v) is 3.29. The fraction of sp³-hybridized carbons (Fsp3) is 0.600. The van der Waals surface area contributed by atoms with Gasteiger partial charge in [0.2, 0.25) is 10.0 Å². The van der Waals surface area contributed by atoms with E-state index in [1.54, 1.807) is 6.92 Å². The summed E-state index contributed by atoms with van der Waals surface area (Å²) >= 11 is 0. The molecule has 0 saturated heterocycles. The van der Waals surface area contributed by atoms with Crippen LogP contribution in [0.1, 0.15) is 37.8 Å². The molecule has 0 aromatic heterocycles. The second-order valence-corrected chi connectivity index (χ2v) is 7.81. The molecular formula is C15H23FN2O2S. The molecule has 2 rings (SSSR count). The van der Waals surface area contributed by atoms with Gasteiger partial charge in [0.1, 0.15) is 5.82 Å². The minimum atomic E-state index is -3.56. The smallest absolute Gasteiger partial charge is 0.240 e. The molecule has 6 heteroatoms. The Kier molecular flexibility index (Phi) is 5.01. The highest BCUT2D eigenvalue weighted by molar-refractivity contribution is 7.89. The van der Waals surface area contributed by atoms with Crippen molar-refractivity contribution in [3.8, 4) is 0 Å². The number of halogens is 1. The maximum Gasteiger partial charge on any atom is 0.240 e. The molecule has 1 aromatic rings. The van der Waals surface area contributed by atoms with Crippen LogP contribution in [0.2, 0.25) is 0 Å². The predicted molar refractivity (Wildman–Crippen MR) is 81.0 cm³/mol. The van der Waals surface area contributed by atoms with Crippen molar-refractivity contribution in [2.24, 2.45) is 5.92 Å². The van der Waals surface area contributed by atoms with Gasteiger partial charge in [0, 0.05) is 24.7 Å². The first kappa shape index (κ1) is 16.4. The maximum absolute atomic E-state index is 14.1. The normalized spacial score (nSPS) is 15.7. The van der Waals surface area contributed by atoms with E-state index in [4.69, 9.17) is 0 Å². The van der Waals surface area contributed by atoms with Crippen LogP contribution >= 0.6 is 0 Å². The quantitative estimate of drug-likeness (QED) is 0.812. The van der Waals surface area contributed by atoms with Crippen molar-refractivity contribution in [3.05, 3.63) is 29.1 Å². The molecule has 0 radical (unpaired) electrons. The van der Waals surface area contributed by atoms with Crippen LogP contribution < -0.4 is 10.0 Å². The number of hydrogen-bond donors (Lipinski definition) is 2. The molecule has 21 heavy (non-hydrogen) atoms. The van der Waals surface area contributed by atoms with Gasteiger partial charge in [0.05, 0.1) is 4.90 Å². The van der Waals surface area contributed by atoms with Crippen LogP contribution in [-0.2, 0) is 16.6 Å². The molecule has 4 nitrogen and oxygen atoms in total. The average Bonchev–Trinajstić information content (AvgIpc) is 3.22. The zero-order valence-corrected chi connectivity index (χ0v) is 13.6. The van der Waals surface area contributed by atoms with Gasteiger partial charge >= 0.3 is 0 Å². The molecule has 0 bridgehead atoms. The maximum atomic E-state index is 14.1. The van der Waals surface area contributed by atoms with Gasteiger partial charge in [-0.2, -0.15) is 0 Å². The Morgan fingerprint density at radius 3 is 2.57 bits per heavy atom. The second-order valence-electron chi connectivity index (χ2n) is 6.04. The molecule has 1 aliphatic carbocycles. The molecule has 1 fully saturated rings. The second kappa shape index (κ2) is 6.42. The molecule has 2 N–H and O–H groups in total. The van der Waals surface area contributed by atoms with Crippen molar-refractivity contribution in [3.63, 3.8) is 0 Å². The van der Waals surface area contributed by atoms with E-state index in [-0.39, 0.29) is 16.8 Å². The largest absolute Gasteiger partial charge is 0.310 e. The Morgan fingerprint density at radius 1 is 1.33 bits per heavy atom. The van der Waals surface area contributed by atoms with E-state index in [0.29, 0.717) is 30.1 Å². The highest BCUT2D eigenvalue weighted by Gasteiger charge is 2.25. The lowest BCUT2D eigenvalue weighted by Crippen LogP contribution is -2.27. The van der Waals surface area contributed by atoms with Crippen molar-refractivity contribution in [1.29, 1.82) is 0 Å². The Labute approximate surface area is 126 Å². The SMILES string of the molecule is Cc1cc(S(=O)(=O)NCC2CC2)cc(CNC(C)C)c1F. The first-order valence-corrected chi connectivity index (χ1v) is 8.80. The zero-order valence-electron chi connectivity index (χ0n) is 12.7. The molecule has 118 valence electrons. The number of benzene rings is 1. The summed E-state index contributed by atoms with van der Waals surface area (Å²) in [6.45, 7) is 6.30. The molecule has 0 unspecified atom stereocenters. The summed E-state index contributed by atoms with van der Waals surface area (Å²) in [6, 6.07) is 3.02. The molecule has 0 amide bonds. The van der Waals surface area contributed by atoms with E-state index in [2.05, 4.69) is 10.0 Å². The Bertz CT molecular complexity index is 610. The molecule has 1 aromatic carbocycles. The van der Waals surface area contributed by atoms with Crippen LogP contribution in [0, 0.1) is 18.7 Å². The monoisotopic (exact) mass is 314 g/mol. The van der Waals surface area contributed by atoms with E-state index in [1.807, 2.05) is 13.8 Å². The van der Waals surface area contributed by atoms with Crippen molar-refractivity contribution in [2.75, 3.05) is 6.54 Å². The lowest BCUT2D eigenvalue weighted by atomic mass is 10.1. The fourth-order valence-electron chi connectivity index (χ4n) is 2.04. The third-order valence-corrected chi connectivity index (χ3v) is 4.98. The summed E-state index contributed by atoms with van der Waals surface area (Å²) in [5.41, 5.74) is 0.736. The van der Waals surface area contributed by atoms with Gasteiger partial charge in [-0.15, -0.1) is 0 Å². The molecule has 0 atom stereocenters. The van der Waals surface area contributed by atoms with Crippen molar-refractivity contribution < 1.29 is 12.8 Å². The third kappa shape index (κ3) is 4.49. The summed E-state index contributed by atoms with van der Waals surface area (Å²) in [6.07, 6.45) is 2.16. The summed E-state index contributed by atoms with van der Waals surface area (Å²) in [4.78, 5) is 0.141. The number of rotatable bonds is 7. The standard InChI is InChI=1S/C15H23FN2O2S/c1-10(2)17-9-13-7-14(6-11(3)15(13)16)21(19,20)18-8-12-4-5-12/h6-7,10,12,17-18H,4-5,8-9H2,1-3H3. The number of nitrogens with one attached hydrogen (secondary N) is 2. The van der Waals surface area contributed by atoms with Crippen LogP contribution in [0.4, 0.5) is 4.39 Å². The Balaban J connectivity index is 2.21. The molecule has 1 saturated carbocycles. The molecule has 0 aliphatic heterocycles. The van der Waals surface area contributed by atoms with Crippen molar-refractivity contribution in [1.82, 2.24) is 10.0 Å². The zero-order chi connectivity index (χ0) is 15.6. The molecule has 1 aliphatic rings. The van der Waals surface area contributed by atoms with E-state index in [1.165, 1.54) is 12.1 Å². The first-order chi connectivity index (χ1) is 9.79. The summed E-state index contributed by atoms with van der Waals surface area (Å²) in [7, 11) is -3.56. The number of hydrogen-bond acceptors (Lipinski definition) is 3. The highest BCUT2D eigenvalue weighted by Crippen LogP contribution is 2.28. The highest BCUT2D eigenvalue weighted by atomic mass is 32.2. The van der Waals surface area contributed by atoms with Gasteiger partial charge < -0.3 is 5.32 Å². The Hall–Kier alpha value is -0.980.